The molecule has 1 aromatic carbocycles. The molecule has 1 saturated heterocycles. The highest BCUT2D eigenvalue weighted by molar-refractivity contribution is 7.89. The van der Waals surface area contributed by atoms with Crippen molar-refractivity contribution in [1.82, 2.24) is 14.9 Å². The Labute approximate surface area is 165 Å². The molecule has 0 unspecified atom stereocenters. The van der Waals surface area contributed by atoms with Gasteiger partial charge < -0.3 is 10.6 Å². The van der Waals surface area contributed by atoms with E-state index in [-0.39, 0.29) is 0 Å². The molecule has 146 valence electrons. The number of nitrogens with one attached hydrogen (secondary N) is 2. The van der Waals surface area contributed by atoms with E-state index in [1.165, 1.54) is 4.88 Å². The highest BCUT2D eigenvalue weighted by Gasteiger charge is 2.26. The molecule has 0 aliphatic carbocycles. The molecule has 1 aromatic heterocycles. The molecule has 1 fully saturated rings. The summed E-state index contributed by atoms with van der Waals surface area (Å²) in [5.41, 5.74) is 1.01. The Morgan fingerprint density at radius 2 is 1.89 bits per heavy atom. The quantitative estimate of drug-likeness (QED) is 0.547. The number of hydrogen-bond acceptors (Lipinski definition) is 4. The summed E-state index contributed by atoms with van der Waals surface area (Å²) in [6, 6.07) is 11.3. The Balaban J connectivity index is 1.50. The third-order valence-electron chi connectivity index (χ3n) is 4.55. The van der Waals surface area contributed by atoms with Gasteiger partial charge in [0.15, 0.2) is 5.96 Å². The number of aliphatic imine (C=N–C) groups is 1. The zero-order valence-electron chi connectivity index (χ0n) is 15.5. The van der Waals surface area contributed by atoms with E-state index >= 15 is 0 Å². The summed E-state index contributed by atoms with van der Waals surface area (Å²) in [5, 5.41) is 8.63. The van der Waals surface area contributed by atoms with Crippen LogP contribution in [-0.4, -0.2) is 45.4 Å². The lowest BCUT2D eigenvalue weighted by Gasteiger charge is -2.16. The first-order valence-electron chi connectivity index (χ1n) is 9.15. The van der Waals surface area contributed by atoms with Crippen LogP contribution in [-0.2, 0) is 23.0 Å². The second-order valence-electron chi connectivity index (χ2n) is 6.44. The molecule has 0 atom stereocenters. The highest BCUT2D eigenvalue weighted by Crippen LogP contribution is 2.21. The van der Waals surface area contributed by atoms with Crippen molar-refractivity contribution >= 4 is 27.3 Å². The lowest BCUT2D eigenvalue weighted by atomic mass is 10.2. The van der Waals surface area contributed by atoms with Crippen LogP contribution in [0.4, 0.5) is 0 Å². The zero-order chi connectivity index (χ0) is 19.1. The van der Waals surface area contributed by atoms with E-state index in [2.05, 4.69) is 33.1 Å². The summed E-state index contributed by atoms with van der Waals surface area (Å²) < 4.78 is 26.7. The first-order valence-corrected chi connectivity index (χ1v) is 11.5. The molecule has 8 heteroatoms. The highest BCUT2D eigenvalue weighted by atomic mass is 32.2. The summed E-state index contributed by atoms with van der Waals surface area (Å²) in [5.74, 6) is 0.736. The van der Waals surface area contributed by atoms with Crippen molar-refractivity contribution in [3.8, 4) is 0 Å². The lowest BCUT2D eigenvalue weighted by Crippen LogP contribution is -2.37. The summed E-state index contributed by atoms with van der Waals surface area (Å²) in [7, 11) is -1.60. The molecule has 27 heavy (non-hydrogen) atoms. The molecule has 0 amide bonds. The smallest absolute Gasteiger partial charge is 0.243 e. The predicted molar refractivity (Wildman–Crippen MR) is 111 cm³/mol. The summed E-state index contributed by atoms with van der Waals surface area (Å²) in [6.45, 7) is 2.65. The molecular weight excluding hydrogens is 380 g/mol. The van der Waals surface area contributed by atoms with Crippen LogP contribution in [0, 0.1) is 0 Å². The third kappa shape index (κ3) is 5.31. The molecular formula is C19H26N4O2S2. The summed E-state index contributed by atoms with van der Waals surface area (Å²) in [4.78, 5) is 5.93. The molecule has 0 radical (unpaired) electrons. The van der Waals surface area contributed by atoms with E-state index in [1.807, 2.05) is 12.1 Å². The van der Waals surface area contributed by atoms with Crippen molar-refractivity contribution in [2.45, 2.75) is 30.7 Å². The van der Waals surface area contributed by atoms with Crippen LogP contribution in [0.15, 0.2) is 51.7 Å². The summed E-state index contributed by atoms with van der Waals surface area (Å²) in [6.07, 6.45) is 2.85. The molecule has 1 aliphatic heterocycles. The van der Waals surface area contributed by atoms with Gasteiger partial charge in [-0.1, -0.05) is 18.2 Å². The molecule has 2 aromatic rings. The van der Waals surface area contributed by atoms with Gasteiger partial charge >= 0.3 is 0 Å². The van der Waals surface area contributed by atoms with Crippen molar-refractivity contribution in [2.75, 3.05) is 26.7 Å². The van der Waals surface area contributed by atoms with E-state index in [0.717, 1.165) is 37.3 Å². The van der Waals surface area contributed by atoms with Crippen LogP contribution in [0.2, 0.25) is 0 Å². The van der Waals surface area contributed by atoms with E-state index in [4.69, 9.17) is 0 Å². The maximum atomic E-state index is 12.6. The van der Waals surface area contributed by atoms with Gasteiger partial charge in [-0.15, -0.1) is 11.3 Å². The molecule has 2 heterocycles. The van der Waals surface area contributed by atoms with Gasteiger partial charge in [-0.25, -0.2) is 8.42 Å². The molecule has 0 bridgehead atoms. The zero-order valence-corrected chi connectivity index (χ0v) is 17.2. The molecule has 3 rings (SSSR count). The Morgan fingerprint density at radius 1 is 1.15 bits per heavy atom. The van der Waals surface area contributed by atoms with E-state index in [1.54, 1.807) is 34.8 Å². The Hall–Kier alpha value is -1.90. The van der Waals surface area contributed by atoms with Gasteiger partial charge in [-0.2, -0.15) is 4.31 Å². The van der Waals surface area contributed by atoms with E-state index in [0.29, 0.717) is 24.5 Å². The third-order valence-corrected chi connectivity index (χ3v) is 7.40. The van der Waals surface area contributed by atoms with Crippen LogP contribution >= 0.6 is 11.3 Å². The van der Waals surface area contributed by atoms with Gasteiger partial charge in [-0.3, -0.25) is 4.99 Å². The van der Waals surface area contributed by atoms with Crippen LogP contribution < -0.4 is 10.6 Å². The van der Waals surface area contributed by atoms with Crippen LogP contribution in [0.3, 0.4) is 0 Å². The largest absolute Gasteiger partial charge is 0.356 e. The minimum Gasteiger partial charge on any atom is -0.356 e. The normalized spacial score (nSPS) is 15.8. The number of nitrogens with zero attached hydrogens (tertiary/aromatic N) is 2. The number of sulfonamides is 1. The second kappa shape index (κ2) is 9.34. The first-order chi connectivity index (χ1) is 13.1. The SMILES string of the molecule is CN=C(NCCc1cccs1)NCc1ccc(S(=O)(=O)N2CCCC2)cc1. The minimum absolute atomic E-state index is 0.367. The molecule has 0 spiro atoms. The maximum absolute atomic E-state index is 12.6. The van der Waals surface area contributed by atoms with Gasteiger partial charge in [-0.05, 0) is 48.4 Å². The second-order valence-corrected chi connectivity index (χ2v) is 9.41. The van der Waals surface area contributed by atoms with Crippen molar-refractivity contribution in [3.63, 3.8) is 0 Å². The van der Waals surface area contributed by atoms with E-state index < -0.39 is 10.0 Å². The first kappa shape index (κ1) is 19.9. The van der Waals surface area contributed by atoms with Crippen molar-refractivity contribution in [2.24, 2.45) is 4.99 Å². The van der Waals surface area contributed by atoms with Gasteiger partial charge in [0.25, 0.3) is 0 Å². The molecule has 0 saturated carbocycles. The fourth-order valence-electron chi connectivity index (χ4n) is 3.02. The standard InChI is InChI=1S/C19H26N4O2S2/c1-20-19(21-11-10-17-5-4-14-26-17)22-15-16-6-8-18(9-7-16)27(24,25)23-12-2-3-13-23/h4-9,14H,2-3,10-13,15H2,1H3,(H2,20,21,22). The van der Waals surface area contributed by atoms with Gasteiger partial charge in [0.05, 0.1) is 4.90 Å². The number of thiophene rings is 1. The van der Waals surface area contributed by atoms with Crippen molar-refractivity contribution in [3.05, 3.63) is 52.2 Å². The number of hydrogen-bond donors (Lipinski definition) is 2. The Bertz CT molecular complexity index is 840. The molecule has 1 aliphatic rings. The average molecular weight is 407 g/mol. The predicted octanol–water partition coefficient (Wildman–Crippen LogP) is 2.44. The average Bonchev–Trinajstić information content (AvgIpc) is 3.39. The molecule has 2 N–H and O–H groups in total. The number of guanidine groups is 1. The lowest BCUT2D eigenvalue weighted by molar-refractivity contribution is 0.477. The van der Waals surface area contributed by atoms with Crippen LogP contribution in [0.5, 0.6) is 0 Å². The Kier molecular flexibility index (Phi) is 6.87. The van der Waals surface area contributed by atoms with Crippen molar-refractivity contribution < 1.29 is 8.42 Å². The van der Waals surface area contributed by atoms with Gasteiger partial charge in [0.1, 0.15) is 0 Å². The van der Waals surface area contributed by atoms with Crippen LogP contribution in [0.25, 0.3) is 0 Å². The minimum atomic E-state index is -3.35. The fraction of sp³-hybridized carbons (Fsp3) is 0.421. The van der Waals surface area contributed by atoms with Gasteiger partial charge in [0.2, 0.25) is 10.0 Å². The molecule has 6 nitrogen and oxygen atoms in total. The fourth-order valence-corrected chi connectivity index (χ4v) is 5.25. The number of rotatable bonds is 7. The van der Waals surface area contributed by atoms with Crippen molar-refractivity contribution in [1.29, 1.82) is 0 Å². The summed E-state index contributed by atoms with van der Waals surface area (Å²) >= 11 is 1.75. The monoisotopic (exact) mass is 406 g/mol. The topological polar surface area (TPSA) is 73.8 Å². The maximum Gasteiger partial charge on any atom is 0.243 e. The Morgan fingerprint density at radius 3 is 2.52 bits per heavy atom. The van der Waals surface area contributed by atoms with E-state index in [9.17, 15) is 8.42 Å². The van der Waals surface area contributed by atoms with Gasteiger partial charge in [0, 0.05) is 38.1 Å². The van der Waals surface area contributed by atoms with Crippen LogP contribution in [0.1, 0.15) is 23.3 Å². The number of benzene rings is 1.